The summed E-state index contributed by atoms with van der Waals surface area (Å²) >= 11 is 7.13. The van der Waals surface area contributed by atoms with Crippen molar-refractivity contribution in [2.75, 3.05) is 7.05 Å². The van der Waals surface area contributed by atoms with E-state index in [0.717, 1.165) is 11.1 Å². The van der Waals surface area contributed by atoms with Crippen molar-refractivity contribution in [3.63, 3.8) is 0 Å². The molecule has 1 amide bonds. The molecule has 3 aromatic rings. The lowest BCUT2D eigenvalue weighted by Crippen LogP contribution is -2.32. The smallest absolute Gasteiger partial charge is 0.277 e. The molecule has 0 aliphatic rings. The van der Waals surface area contributed by atoms with E-state index in [1.807, 2.05) is 49.4 Å². The molecule has 7 heteroatoms. The van der Waals surface area contributed by atoms with Gasteiger partial charge in [0.2, 0.25) is 11.8 Å². The molecule has 1 aromatic heterocycles. The number of nitrogens with zero attached hydrogens (tertiary/aromatic N) is 3. The number of aromatic nitrogens is 2. The minimum absolute atomic E-state index is 0.00472. The molecule has 0 N–H and O–H groups in total. The second-order valence-corrected chi connectivity index (χ2v) is 7.55. The van der Waals surface area contributed by atoms with Crippen LogP contribution in [0.5, 0.6) is 0 Å². The van der Waals surface area contributed by atoms with Crippen LogP contribution in [0.2, 0.25) is 5.02 Å². The highest BCUT2D eigenvalue weighted by atomic mass is 35.5. The summed E-state index contributed by atoms with van der Waals surface area (Å²) in [7, 11) is 1.79. The first-order valence-corrected chi connectivity index (χ1v) is 9.33. The average molecular weight is 388 g/mol. The number of hydrogen-bond donors (Lipinski definition) is 0. The van der Waals surface area contributed by atoms with Gasteiger partial charge in [0, 0.05) is 24.2 Å². The van der Waals surface area contributed by atoms with E-state index in [-0.39, 0.29) is 11.2 Å². The second kappa shape index (κ2) is 8.38. The molecule has 0 aliphatic carbocycles. The summed E-state index contributed by atoms with van der Waals surface area (Å²) in [5.41, 5.74) is 1.87. The van der Waals surface area contributed by atoms with E-state index in [2.05, 4.69) is 10.2 Å². The molecular weight excluding hydrogens is 370 g/mol. The summed E-state index contributed by atoms with van der Waals surface area (Å²) in [6, 6.07) is 17.0. The van der Waals surface area contributed by atoms with Crippen LogP contribution in [0.1, 0.15) is 12.5 Å². The Morgan fingerprint density at radius 3 is 2.54 bits per heavy atom. The van der Waals surface area contributed by atoms with Gasteiger partial charge in [-0.25, -0.2) is 0 Å². The molecule has 0 bridgehead atoms. The van der Waals surface area contributed by atoms with Crippen molar-refractivity contribution < 1.29 is 9.21 Å². The van der Waals surface area contributed by atoms with Gasteiger partial charge in [-0.15, -0.1) is 10.2 Å². The van der Waals surface area contributed by atoms with Crippen molar-refractivity contribution in [1.29, 1.82) is 0 Å². The predicted octanol–water partition coefficient (Wildman–Crippen LogP) is 4.53. The standard InChI is InChI=1S/C19H18ClN3O2S/c1-13(18(24)23(2)12-14-6-4-3-5-7-14)26-19-22-21-17(25-19)15-8-10-16(20)11-9-15/h3-11,13H,12H2,1-2H3. The third-order valence-electron chi connectivity index (χ3n) is 3.76. The first kappa shape index (κ1) is 18.5. The van der Waals surface area contributed by atoms with E-state index < -0.39 is 0 Å². The van der Waals surface area contributed by atoms with Crippen LogP contribution in [0, 0.1) is 0 Å². The number of rotatable bonds is 6. The van der Waals surface area contributed by atoms with Crippen molar-refractivity contribution >= 4 is 29.3 Å². The minimum Gasteiger partial charge on any atom is -0.411 e. The van der Waals surface area contributed by atoms with E-state index in [0.29, 0.717) is 22.7 Å². The summed E-state index contributed by atoms with van der Waals surface area (Å²) in [6.45, 7) is 2.39. The predicted molar refractivity (Wildman–Crippen MR) is 103 cm³/mol. The van der Waals surface area contributed by atoms with Gasteiger partial charge in [-0.1, -0.05) is 53.7 Å². The third-order valence-corrected chi connectivity index (χ3v) is 4.94. The Bertz CT molecular complexity index is 868. The quantitative estimate of drug-likeness (QED) is 0.581. The fraction of sp³-hybridized carbons (Fsp3) is 0.211. The molecule has 26 heavy (non-hydrogen) atoms. The molecule has 5 nitrogen and oxygen atoms in total. The van der Waals surface area contributed by atoms with E-state index in [1.54, 1.807) is 24.1 Å². The van der Waals surface area contributed by atoms with Gasteiger partial charge < -0.3 is 9.32 Å². The molecule has 0 radical (unpaired) electrons. The van der Waals surface area contributed by atoms with Crippen molar-refractivity contribution in [3.8, 4) is 11.5 Å². The van der Waals surface area contributed by atoms with Crippen LogP contribution in [-0.2, 0) is 11.3 Å². The Kier molecular flexibility index (Phi) is 5.96. The number of amides is 1. The number of carbonyl (C=O) groups is 1. The summed E-state index contributed by atoms with van der Waals surface area (Å²) in [5, 5.41) is 8.73. The van der Waals surface area contributed by atoms with Crippen LogP contribution < -0.4 is 0 Å². The molecule has 3 rings (SSSR count). The highest BCUT2D eigenvalue weighted by Crippen LogP contribution is 2.27. The third kappa shape index (κ3) is 4.65. The number of hydrogen-bond acceptors (Lipinski definition) is 5. The molecule has 0 saturated heterocycles. The van der Waals surface area contributed by atoms with E-state index in [9.17, 15) is 4.79 Å². The number of carbonyl (C=O) groups excluding carboxylic acids is 1. The van der Waals surface area contributed by atoms with Gasteiger partial charge in [0.1, 0.15) is 0 Å². The van der Waals surface area contributed by atoms with Crippen molar-refractivity contribution in [3.05, 3.63) is 65.2 Å². The number of thioether (sulfide) groups is 1. The van der Waals surface area contributed by atoms with Gasteiger partial charge in [-0.2, -0.15) is 0 Å². The van der Waals surface area contributed by atoms with E-state index in [1.165, 1.54) is 11.8 Å². The van der Waals surface area contributed by atoms with Crippen molar-refractivity contribution in [1.82, 2.24) is 15.1 Å². The minimum atomic E-state index is -0.331. The molecule has 0 saturated carbocycles. The summed E-state index contributed by atoms with van der Waals surface area (Å²) in [6.07, 6.45) is 0. The van der Waals surface area contributed by atoms with Gasteiger partial charge >= 0.3 is 0 Å². The summed E-state index contributed by atoms with van der Waals surface area (Å²) < 4.78 is 5.66. The maximum absolute atomic E-state index is 12.6. The Morgan fingerprint density at radius 1 is 1.15 bits per heavy atom. The normalized spacial score (nSPS) is 12.0. The van der Waals surface area contributed by atoms with Crippen molar-refractivity contribution in [2.24, 2.45) is 0 Å². The lowest BCUT2D eigenvalue weighted by atomic mass is 10.2. The molecule has 1 atom stereocenters. The first-order chi connectivity index (χ1) is 12.5. The summed E-state index contributed by atoms with van der Waals surface area (Å²) in [4.78, 5) is 14.3. The molecular formula is C19H18ClN3O2S. The maximum Gasteiger partial charge on any atom is 0.277 e. The molecule has 1 heterocycles. The average Bonchev–Trinajstić information content (AvgIpc) is 3.11. The largest absolute Gasteiger partial charge is 0.411 e. The molecule has 1 unspecified atom stereocenters. The monoisotopic (exact) mass is 387 g/mol. The van der Waals surface area contributed by atoms with Crippen LogP contribution in [0.25, 0.3) is 11.5 Å². The molecule has 0 spiro atoms. The van der Waals surface area contributed by atoms with Crippen LogP contribution in [-0.4, -0.2) is 33.3 Å². The Morgan fingerprint density at radius 2 is 1.85 bits per heavy atom. The highest BCUT2D eigenvalue weighted by Gasteiger charge is 2.22. The SMILES string of the molecule is CC(Sc1nnc(-c2ccc(Cl)cc2)o1)C(=O)N(C)Cc1ccccc1. The molecule has 0 aliphatic heterocycles. The summed E-state index contributed by atoms with van der Waals surface area (Å²) in [5.74, 6) is 0.409. The van der Waals surface area contributed by atoms with Gasteiger partial charge in [-0.05, 0) is 36.8 Å². The topological polar surface area (TPSA) is 59.2 Å². The second-order valence-electron chi connectivity index (χ2n) is 5.82. The van der Waals surface area contributed by atoms with Gasteiger partial charge in [0.05, 0.1) is 5.25 Å². The molecule has 134 valence electrons. The Balaban J connectivity index is 1.61. The zero-order valence-electron chi connectivity index (χ0n) is 14.4. The molecule has 2 aromatic carbocycles. The van der Waals surface area contributed by atoms with Gasteiger partial charge in [0.25, 0.3) is 5.22 Å². The highest BCUT2D eigenvalue weighted by molar-refractivity contribution is 8.00. The zero-order valence-corrected chi connectivity index (χ0v) is 16.0. The maximum atomic E-state index is 12.6. The van der Waals surface area contributed by atoms with Crippen LogP contribution in [0.4, 0.5) is 0 Å². The van der Waals surface area contributed by atoms with E-state index >= 15 is 0 Å². The van der Waals surface area contributed by atoms with E-state index in [4.69, 9.17) is 16.0 Å². The Hall–Kier alpha value is -2.31. The number of halogens is 1. The van der Waals surface area contributed by atoms with Crippen LogP contribution >= 0.6 is 23.4 Å². The lowest BCUT2D eigenvalue weighted by Gasteiger charge is -2.20. The fourth-order valence-corrected chi connectivity index (χ4v) is 3.34. The van der Waals surface area contributed by atoms with Crippen LogP contribution in [0.15, 0.2) is 64.2 Å². The Labute approximate surface area is 161 Å². The zero-order chi connectivity index (χ0) is 18.5. The molecule has 0 fully saturated rings. The van der Waals surface area contributed by atoms with Crippen LogP contribution in [0.3, 0.4) is 0 Å². The lowest BCUT2D eigenvalue weighted by molar-refractivity contribution is -0.129. The van der Waals surface area contributed by atoms with Gasteiger partial charge in [0.15, 0.2) is 0 Å². The fourth-order valence-electron chi connectivity index (χ4n) is 2.41. The van der Waals surface area contributed by atoms with Gasteiger partial charge in [-0.3, -0.25) is 4.79 Å². The number of benzene rings is 2. The first-order valence-electron chi connectivity index (χ1n) is 8.08. The van der Waals surface area contributed by atoms with Crippen molar-refractivity contribution in [2.45, 2.75) is 23.9 Å².